The summed E-state index contributed by atoms with van der Waals surface area (Å²) in [6.45, 7) is 6.97. The molecule has 28 heavy (non-hydrogen) atoms. The maximum absolute atomic E-state index is 12.7. The third-order valence-electron chi connectivity index (χ3n) is 6.00. The third-order valence-corrected chi connectivity index (χ3v) is 7.80. The first kappa shape index (κ1) is 22.8. The minimum absolute atomic E-state index is 0.188. The smallest absolute Gasteiger partial charge is 0.302 e. The molecule has 0 saturated heterocycles. The number of carbonyl (C=O) groups excluding carboxylic acids is 1. The van der Waals surface area contributed by atoms with Crippen LogP contribution in [0.1, 0.15) is 53.4 Å². The second-order valence-corrected chi connectivity index (χ2v) is 10.8. The first-order valence-electron chi connectivity index (χ1n) is 9.72. The van der Waals surface area contributed by atoms with Gasteiger partial charge in [-0.2, -0.15) is 0 Å². The fraction of sp³-hybridized carbons (Fsp3) is 0.667. The molecule has 1 fully saturated rings. The molecule has 1 aliphatic rings. The van der Waals surface area contributed by atoms with Gasteiger partial charge in [-0.3, -0.25) is 4.79 Å². The van der Waals surface area contributed by atoms with Gasteiger partial charge in [0.15, 0.2) is 9.84 Å². The van der Waals surface area contributed by atoms with Crippen molar-refractivity contribution in [3.05, 3.63) is 30.3 Å². The van der Waals surface area contributed by atoms with Gasteiger partial charge in [-0.15, -0.1) is 0 Å². The van der Waals surface area contributed by atoms with Gasteiger partial charge in [0.25, 0.3) is 0 Å². The standard InChI is InChI=1S/C21H32O6S/c1-15(22)27-16(14-28(25,26)17-8-6-5-7-9-17)10-11-18-20(2,3)13-12-19(23)21(18,4)24/h5-9,16,18-19,23-24H,10-14H2,1-4H3/t16?,18-,19-,21-/m1/s1. The largest absolute Gasteiger partial charge is 0.461 e. The highest BCUT2D eigenvalue weighted by molar-refractivity contribution is 7.91. The van der Waals surface area contributed by atoms with Gasteiger partial charge >= 0.3 is 5.97 Å². The van der Waals surface area contributed by atoms with Crippen molar-refractivity contribution in [2.75, 3.05) is 5.75 Å². The lowest BCUT2D eigenvalue weighted by Gasteiger charge is -2.50. The van der Waals surface area contributed by atoms with Gasteiger partial charge in [0.2, 0.25) is 0 Å². The van der Waals surface area contributed by atoms with E-state index in [0.29, 0.717) is 19.3 Å². The zero-order valence-corrected chi connectivity index (χ0v) is 17.9. The fourth-order valence-electron chi connectivity index (χ4n) is 4.41. The first-order valence-corrected chi connectivity index (χ1v) is 11.4. The number of sulfone groups is 1. The summed E-state index contributed by atoms with van der Waals surface area (Å²) < 4.78 is 30.7. The Bertz CT molecular complexity index is 769. The molecule has 6 nitrogen and oxygen atoms in total. The van der Waals surface area contributed by atoms with Gasteiger partial charge in [-0.05, 0) is 56.1 Å². The Hall–Kier alpha value is -1.44. The van der Waals surface area contributed by atoms with Crippen molar-refractivity contribution >= 4 is 15.8 Å². The number of aliphatic hydroxyl groups excluding tert-OH is 1. The zero-order valence-electron chi connectivity index (χ0n) is 17.1. The fourth-order valence-corrected chi connectivity index (χ4v) is 5.90. The Morgan fingerprint density at radius 2 is 1.86 bits per heavy atom. The van der Waals surface area contributed by atoms with E-state index >= 15 is 0 Å². The van der Waals surface area contributed by atoms with Gasteiger partial charge in [0.05, 0.1) is 22.4 Å². The van der Waals surface area contributed by atoms with Crippen molar-refractivity contribution in [3.63, 3.8) is 0 Å². The molecule has 0 radical (unpaired) electrons. The normalized spacial score (nSPS) is 28.5. The number of benzene rings is 1. The Morgan fingerprint density at radius 3 is 2.43 bits per heavy atom. The number of aliphatic hydroxyl groups is 2. The van der Waals surface area contributed by atoms with Crippen LogP contribution in [0.3, 0.4) is 0 Å². The quantitative estimate of drug-likeness (QED) is 0.668. The molecule has 0 aromatic heterocycles. The number of rotatable bonds is 7. The molecule has 1 aromatic carbocycles. The van der Waals surface area contributed by atoms with Crippen molar-refractivity contribution in [3.8, 4) is 0 Å². The van der Waals surface area contributed by atoms with E-state index in [4.69, 9.17) is 4.74 Å². The predicted octanol–water partition coefficient (Wildman–Crippen LogP) is 2.72. The first-order chi connectivity index (χ1) is 12.9. The molecule has 0 aliphatic heterocycles. The lowest BCUT2D eigenvalue weighted by atomic mass is 9.59. The van der Waals surface area contributed by atoms with Crippen LogP contribution in [0.15, 0.2) is 35.2 Å². The minimum Gasteiger partial charge on any atom is -0.461 e. The monoisotopic (exact) mass is 412 g/mol. The molecule has 2 rings (SSSR count). The summed E-state index contributed by atoms with van der Waals surface area (Å²) in [6.07, 6.45) is 0.378. The number of hydrogen-bond acceptors (Lipinski definition) is 6. The molecule has 1 saturated carbocycles. The lowest BCUT2D eigenvalue weighted by molar-refractivity contribution is -0.168. The maximum Gasteiger partial charge on any atom is 0.302 e. The van der Waals surface area contributed by atoms with Crippen LogP contribution in [-0.4, -0.2) is 48.2 Å². The van der Waals surface area contributed by atoms with E-state index in [2.05, 4.69) is 0 Å². The summed E-state index contributed by atoms with van der Waals surface area (Å²) in [7, 11) is -3.62. The summed E-state index contributed by atoms with van der Waals surface area (Å²) in [4.78, 5) is 11.7. The molecule has 1 unspecified atom stereocenters. The van der Waals surface area contributed by atoms with Crippen LogP contribution in [0.25, 0.3) is 0 Å². The summed E-state index contributed by atoms with van der Waals surface area (Å²) >= 11 is 0. The molecule has 0 spiro atoms. The van der Waals surface area contributed by atoms with Crippen molar-refractivity contribution in [1.82, 2.24) is 0 Å². The Kier molecular flexibility index (Phi) is 6.94. The number of esters is 1. The average Bonchev–Trinajstić information content (AvgIpc) is 2.58. The van der Waals surface area contributed by atoms with Crippen LogP contribution in [0.4, 0.5) is 0 Å². The van der Waals surface area contributed by atoms with E-state index in [0.717, 1.165) is 6.42 Å². The number of ether oxygens (including phenoxy) is 1. The molecule has 0 heterocycles. The summed E-state index contributed by atoms with van der Waals surface area (Å²) in [5, 5.41) is 21.1. The van der Waals surface area contributed by atoms with Crippen LogP contribution in [-0.2, 0) is 19.4 Å². The van der Waals surface area contributed by atoms with E-state index in [1.165, 1.54) is 19.1 Å². The molecule has 4 atom stereocenters. The minimum atomic E-state index is -3.62. The Morgan fingerprint density at radius 1 is 1.25 bits per heavy atom. The highest BCUT2D eigenvalue weighted by Crippen LogP contribution is 2.48. The van der Waals surface area contributed by atoms with Crippen LogP contribution in [0, 0.1) is 11.3 Å². The second kappa shape index (κ2) is 8.51. The van der Waals surface area contributed by atoms with Gasteiger partial charge in [0, 0.05) is 6.92 Å². The summed E-state index contributed by atoms with van der Waals surface area (Å²) in [5.74, 6) is -1.10. The average molecular weight is 413 g/mol. The highest BCUT2D eigenvalue weighted by atomic mass is 32.2. The van der Waals surface area contributed by atoms with Crippen LogP contribution in [0.2, 0.25) is 0 Å². The number of carbonyl (C=O) groups is 1. The third kappa shape index (κ3) is 5.33. The molecule has 2 N–H and O–H groups in total. The zero-order chi connectivity index (χ0) is 21.2. The molecule has 7 heteroatoms. The van der Waals surface area contributed by atoms with Gasteiger partial charge < -0.3 is 14.9 Å². The van der Waals surface area contributed by atoms with E-state index in [1.54, 1.807) is 25.1 Å². The molecular weight excluding hydrogens is 380 g/mol. The van der Waals surface area contributed by atoms with Crippen LogP contribution in [0.5, 0.6) is 0 Å². The molecule has 1 aromatic rings. The van der Waals surface area contributed by atoms with Crippen molar-refractivity contribution in [1.29, 1.82) is 0 Å². The van der Waals surface area contributed by atoms with E-state index in [1.807, 2.05) is 13.8 Å². The Balaban J connectivity index is 2.17. The number of hydrogen-bond donors (Lipinski definition) is 2. The second-order valence-electron chi connectivity index (χ2n) is 8.72. The summed E-state index contributed by atoms with van der Waals surface area (Å²) in [5.41, 5.74) is -1.50. The van der Waals surface area contributed by atoms with Crippen LogP contribution >= 0.6 is 0 Å². The van der Waals surface area contributed by atoms with Crippen molar-refractivity contribution in [2.24, 2.45) is 11.3 Å². The highest BCUT2D eigenvalue weighted by Gasteiger charge is 2.50. The summed E-state index contributed by atoms with van der Waals surface area (Å²) in [6, 6.07) is 8.08. The van der Waals surface area contributed by atoms with E-state index < -0.39 is 33.6 Å². The van der Waals surface area contributed by atoms with Crippen LogP contribution < -0.4 is 0 Å². The molecule has 158 valence electrons. The molecule has 0 bridgehead atoms. The lowest BCUT2D eigenvalue weighted by Crippen LogP contribution is -2.55. The molecule has 1 aliphatic carbocycles. The SMILES string of the molecule is CC(=O)OC(CC[C@@H]1C(C)(C)CC[C@@H](O)[C@]1(C)O)CS(=O)(=O)c1ccccc1. The molecule has 0 amide bonds. The topological polar surface area (TPSA) is 101 Å². The maximum atomic E-state index is 12.7. The predicted molar refractivity (Wildman–Crippen MR) is 106 cm³/mol. The molecular formula is C21H32O6S. The van der Waals surface area contributed by atoms with Gasteiger partial charge in [-0.25, -0.2) is 8.42 Å². The van der Waals surface area contributed by atoms with E-state index in [9.17, 15) is 23.4 Å². The van der Waals surface area contributed by atoms with Crippen molar-refractivity contribution in [2.45, 2.75) is 76.1 Å². The van der Waals surface area contributed by atoms with Gasteiger partial charge in [-0.1, -0.05) is 32.0 Å². The van der Waals surface area contributed by atoms with Crippen molar-refractivity contribution < 1.29 is 28.2 Å². The Labute approximate surface area is 167 Å². The van der Waals surface area contributed by atoms with Gasteiger partial charge in [0.1, 0.15) is 6.10 Å². The van der Waals surface area contributed by atoms with E-state index in [-0.39, 0.29) is 22.0 Å².